The lowest BCUT2D eigenvalue weighted by Gasteiger charge is -2.39. The van der Waals surface area contributed by atoms with Gasteiger partial charge in [-0.25, -0.2) is 4.98 Å². The number of hydrogen-bond donors (Lipinski definition) is 1. The Morgan fingerprint density at radius 1 is 1.57 bits per heavy atom. The molecule has 1 saturated heterocycles. The van der Waals surface area contributed by atoms with Crippen molar-refractivity contribution in [2.75, 3.05) is 24.6 Å². The van der Waals surface area contributed by atoms with Crippen LogP contribution in [0, 0.1) is 12.8 Å². The zero-order valence-electron chi connectivity index (χ0n) is 8.07. The number of hydrogen-bond acceptors (Lipinski definition) is 3. The van der Waals surface area contributed by atoms with Crippen LogP contribution in [0.2, 0.25) is 0 Å². The minimum absolute atomic E-state index is 0.284. The highest BCUT2D eigenvalue weighted by atomic mass is 79.9. The van der Waals surface area contributed by atoms with Gasteiger partial charge in [0.15, 0.2) is 0 Å². The van der Waals surface area contributed by atoms with Crippen molar-refractivity contribution >= 4 is 21.7 Å². The van der Waals surface area contributed by atoms with Gasteiger partial charge in [0.05, 0.1) is 5.69 Å². The van der Waals surface area contributed by atoms with Crippen molar-refractivity contribution in [2.24, 2.45) is 5.92 Å². The first kappa shape index (κ1) is 9.93. The average molecular weight is 257 g/mol. The minimum Gasteiger partial charge on any atom is -0.396 e. The molecule has 1 aromatic heterocycles. The van der Waals surface area contributed by atoms with Crippen LogP contribution in [0.5, 0.6) is 0 Å². The molecule has 0 radical (unpaired) electrons. The highest BCUT2D eigenvalue weighted by molar-refractivity contribution is 9.10. The number of nitrogens with zero attached hydrogens (tertiary/aromatic N) is 2. The Morgan fingerprint density at radius 2 is 2.29 bits per heavy atom. The van der Waals surface area contributed by atoms with Crippen molar-refractivity contribution in [3.05, 3.63) is 22.3 Å². The molecule has 1 N–H and O–H groups in total. The van der Waals surface area contributed by atoms with Crippen molar-refractivity contribution in [3.8, 4) is 0 Å². The quantitative estimate of drug-likeness (QED) is 0.873. The van der Waals surface area contributed by atoms with E-state index in [4.69, 9.17) is 5.11 Å². The Hall–Kier alpha value is -0.610. The smallest absolute Gasteiger partial charge is 0.128 e. The monoisotopic (exact) mass is 256 g/mol. The van der Waals surface area contributed by atoms with E-state index >= 15 is 0 Å². The van der Waals surface area contributed by atoms with Crippen LogP contribution in [-0.2, 0) is 0 Å². The van der Waals surface area contributed by atoms with Crippen molar-refractivity contribution in [3.63, 3.8) is 0 Å². The maximum Gasteiger partial charge on any atom is 0.128 e. The Labute approximate surface area is 91.9 Å². The highest BCUT2D eigenvalue weighted by Gasteiger charge is 2.26. The molecule has 1 aromatic rings. The number of aliphatic hydroxyl groups is 1. The molecule has 0 atom stereocenters. The summed E-state index contributed by atoms with van der Waals surface area (Å²) in [6.45, 7) is 4.11. The van der Waals surface area contributed by atoms with Crippen LogP contribution >= 0.6 is 15.9 Å². The molecule has 0 saturated carbocycles. The molecule has 0 spiro atoms. The third kappa shape index (κ3) is 1.77. The Balaban J connectivity index is 2.08. The largest absolute Gasteiger partial charge is 0.396 e. The second kappa shape index (κ2) is 3.87. The molecule has 3 nitrogen and oxygen atoms in total. The lowest BCUT2D eigenvalue weighted by molar-refractivity contribution is 0.200. The highest BCUT2D eigenvalue weighted by Crippen LogP contribution is 2.24. The van der Waals surface area contributed by atoms with Gasteiger partial charge in [0.2, 0.25) is 0 Å². The van der Waals surface area contributed by atoms with Crippen LogP contribution in [0.4, 0.5) is 5.82 Å². The van der Waals surface area contributed by atoms with E-state index in [-0.39, 0.29) is 6.61 Å². The molecule has 1 fully saturated rings. The molecule has 2 heterocycles. The molecule has 0 unspecified atom stereocenters. The van der Waals surface area contributed by atoms with Gasteiger partial charge in [-0.1, -0.05) is 0 Å². The van der Waals surface area contributed by atoms with Gasteiger partial charge in [-0.3, -0.25) is 0 Å². The number of pyridine rings is 1. The van der Waals surface area contributed by atoms with E-state index in [0.29, 0.717) is 5.92 Å². The van der Waals surface area contributed by atoms with Crippen molar-refractivity contribution in [1.82, 2.24) is 4.98 Å². The zero-order valence-corrected chi connectivity index (χ0v) is 9.66. The lowest BCUT2D eigenvalue weighted by Crippen LogP contribution is -2.48. The molecule has 0 aromatic carbocycles. The summed E-state index contributed by atoms with van der Waals surface area (Å²) in [6, 6.07) is 4.02. The van der Waals surface area contributed by atoms with E-state index < -0.39 is 0 Å². The number of anilines is 1. The maximum atomic E-state index is 8.89. The van der Waals surface area contributed by atoms with Crippen molar-refractivity contribution in [1.29, 1.82) is 0 Å². The van der Waals surface area contributed by atoms with Crippen LogP contribution < -0.4 is 4.90 Å². The zero-order chi connectivity index (χ0) is 10.1. The number of halogens is 1. The third-order valence-corrected chi connectivity index (χ3v) is 3.38. The predicted molar refractivity (Wildman–Crippen MR) is 59.5 cm³/mol. The van der Waals surface area contributed by atoms with Crippen LogP contribution in [0.25, 0.3) is 0 Å². The van der Waals surface area contributed by atoms with E-state index in [9.17, 15) is 0 Å². The van der Waals surface area contributed by atoms with Gasteiger partial charge in [-0.2, -0.15) is 0 Å². The molecule has 2 rings (SSSR count). The van der Waals surface area contributed by atoms with Crippen LogP contribution in [0.1, 0.15) is 5.69 Å². The first-order chi connectivity index (χ1) is 6.70. The van der Waals surface area contributed by atoms with Crippen LogP contribution in [-0.4, -0.2) is 29.8 Å². The van der Waals surface area contributed by atoms with E-state index in [1.165, 1.54) is 0 Å². The van der Waals surface area contributed by atoms with E-state index in [0.717, 1.165) is 29.1 Å². The molecule has 1 aliphatic heterocycles. The summed E-state index contributed by atoms with van der Waals surface area (Å²) in [7, 11) is 0. The van der Waals surface area contributed by atoms with Gasteiger partial charge in [0.1, 0.15) is 5.82 Å². The Bertz CT molecular complexity index is 337. The topological polar surface area (TPSA) is 36.4 Å². The molecule has 76 valence electrons. The van der Waals surface area contributed by atoms with Gasteiger partial charge in [-0.05, 0) is 35.0 Å². The molecule has 0 aliphatic carbocycles. The van der Waals surface area contributed by atoms with Crippen LogP contribution in [0.3, 0.4) is 0 Å². The van der Waals surface area contributed by atoms with Gasteiger partial charge in [0, 0.05) is 30.1 Å². The van der Waals surface area contributed by atoms with E-state index in [1.54, 1.807) is 0 Å². The second-order valence-corrected chi connectivity index (χ2v) is 4.54. The van der Waals surface area contributed by atoms with Gasteiger partial charge in [-0.15, -0.1) is 0 Å². The van der Waals surface area contributed by atoms with Crippen LogP contribution in [0.15, 0.2) is 16.6 Å². The number of rotatable bonds is 2. The third-order valence-electron chi connectivity index (χ3n) is 2.55. The summed E-state index contributed by atoms with van der Waals surface area (Å²) >= 11 is 3.42. The SMILES string of the molecule is Cc1nc(N2CC(CO)C2)ccc1Br. The minimum atomic E-state index is 0.284. The lowest BCUT2D eigenvalue weighted by atomic mass is 10.0. The van der Waals surface area contributed by atoms with Gasteiger partial charge >= 0.3 is 0 Å². The molecule has 1 aliphatic rings. The fourth-order valence-corrected chi connectivity index (χ4v) is 1.80. The van der Waals surface area contributed by atoms with Gasteiger partial charge in [0.25, 0.3) is 0 Å². The molecule has 4 heteroatoms. The summed E-state index contributed by atoms with van der Waals surface area (Å²) in [5, 5.41) is 8.89. The standard InChI is InChI=1S/C10H13BrN2O/c1-7-9(11)2-3-10(12-7)13-4-8(5-13)6-14/h2-3,8,14H,4-6H2,1H3. The van der Waals surface area contributed by atoms with Crippen molar-refractivity contribution < 1.29 is 5.11 Å². The average Bonchev–Trinajstić information content (AvgIpc) is 2.09. The number of aliphatic hydroxyl groups excluding tert-OH is 1. The summed E-state index contributed by atoms with van der Waals surface area (Å²) in [6.07, 6.45) is 0. The fourth-order valence-electron chi connectivity index (χ4n) is 1.58. The van der Waals surface area contributed by atoms with E-state index in [1.807, 2.05) is 19.1 Å². The fraction of sp³-hybridized carbons (Fsp3) is 0.500. The molecule has 0 amide bonds. The molecule has 14 heavy (non-hydrogen) atoms. The Kier molecular flexibility index (Phi) is 2.74. The number of aromatic nitrogens is 1. The normalized spacial score (nSPS) is 16.9. The van der Waals surface area contributed by atoms with Gasteiger partial charge < -0.3 is 10.0 Å². The first-order valence-electron chi connectivity index (χ1n) is 4.69. The predicted octanol–water partition coefficient (Wildman–Crippen LogP) is 1.58. The maximum absolute atomic E-state index is 8.89. The summed E-state index contributed by atoms with van der Waals surface area (Å²) < 4.78 is 1.04. The van der Waals surface area contributed by atoms with Crippen molar-refractivity contribution in [2.45, 2.75) is 6.92 Å². The molecular weight excluding hydrogens is 244 g/mol. The molecular formula is C10H13BrN2O. The first-order valence-corrected chi connectivity index (χ1v) is 5.49. The second-order valence-electron chi connectivity index (χ2n) is 3.69. The Morgan fingerprint density at radius 3 is 2.86 bits per heavy atom. The van der Waals surface area contributed by atoms with E-state index in [2.05, 4.69) is 25.8 Å². The summed E-state index contributed by atoms with van der Waals surface area (Å²) in [4.78, 5) is 6.64. The summed E-state index contributed by atoms with van der Waals surface area (Å²) in [5.74, 6) is 1.44. The molecule has 0 bridgehead atoms. The number of aryl methyl sites for hydroxylation is 1. The summed E-state index contributed by atoms with van der Waals surface area (Å²) in [5.41, 5.74) is 1.01.